The fourth-order valence-corrected chi connectivity index (χ4v) is 1.28. The fraction of sp³-hybridized carbons (Fsp3) is 0.875. The molecule has 12 heavy (non-hydrogen) atoms. The van der Waals surface area contributed by atoms with Gasteiger partial charge in [-0.05, 0) is 5.92 Å². The molecule has 1 aliphatic heterocycles. The summed E-state index contributed by atoms with van der Waals surface area (Å²) in [4.78, 5) is 13.1. The molecular weight excluding hydrogens is 220 g/mol. The molecule has 0 bridgehead atoms. The van der Waals surface area contributed by atoms with Gasteiger partial charge in [-0.25, -0.2) is 0 Å². The van der Waals surface area contributed by atoms with Gasteiger partial charge in [0.05, 0.1) is 6.54 Å². The Kier molecular flexibility index (Phi) is 5.50. The number of hydrogen-bond donors (Lipinski definition) is 1. The van der Waals surface area contributed by atoms with Crippen LogP contribution in [0.2, 0.25) is 0 Å². The van der Waals surface area contributed by atoms with E-state index in [0.717, 1.165) is 19.6 Å². The molecule has 0 saturated carbocycles. The van der Waals surface area contributed by atoms with E-state index in [9.17, 15) is 4.79 Å². The van der Waals surface area contributed by atoms with Crippen molar-refractivity contribution in [3.63, 3.8) is 0 Å². The lowest BCUT2D eigenvalue weighted by molar-refractivity contribution is -0.132. The molecule has 4 heteroatoms. The molecule has 0 aromatic heterocycles. The average molecular weight is 237 g/mol. The van der Waals surface area contributed by atoms with E-state index in [1.54, 1.807) is 0 Å². The summed E-state index contributed by atoms with van der Waals surface area (Å²) in [6.07, 6.45) is 0. The van der Waals surface area contributed by atoms with E-state index in [-0.39, 0.29) is 22.9 Å². The minimum atomic E-state index is 0. The first kappa shape index (κ1) is 11.9. The van der Waals surface area contributed by atoms with Crippen molar-refractivity contribution in [2.45, 2.75) is 13.8 Å². The summed E-state index contributed by atoms with van der Waals surface area (Å²) in [5.41, 5.74) is 0. The number of nitrogens with zero attached hydrogens (tertiary/aromatic N) is 1. The molecule has 0 aromatic rings. The molecule has 1 rings (SSSR count). The third-order valence-corrected chi connectivity index (χ3v) is 1.77. The summed E-state index contributed by atoms with van der Waals surface area (Å²) in [6, 6.07) is 0. The Morgan fingerprint density at radius 1 is 1.58 bits per heavy atom. The summed E-state index contributed by atoms with van der Waals surface area (Å²) in [5, 5.41) is 3.05. The highest BCUT2D eigenvalue weighted by atomic mass is 79.9. The van der Waals surface area contributed by atoms with Gasteiger partial charge in [-0.15, -0.1) is 17.0 Å². The van der Waals surface area contributed by atoms with Crippen molar-refractivity contribution in [1.82, 2.24) is 10.2 Å². The molecule has 1 aliphatic rings. The Balaban J connectivity index is 0.00000121. The van der Waals surface area contributed by atoms with Crippen molar-refractivity contribution in [2.75, 3.05) is 26.2 Å². The normalized spacial score (nSPS) is 17.9. The lowest BCUT2D eigenvalue weighted by atomic mass is 10.2. The molecule has 1 fully saturated rings. The zero-order valence-electron chi connectivity index (χ0n) is 7.67. The van der Waals surface area contributed by atoms with E-state index < -0.39 is 0 Å². The number of rotatable bonds is 2. The van der Waals surface area contributed by atoms with Crippen molar-refractivity contribution in [2.24, 2.45) is 5.92 Å². The van der Waals surface area contributed by atoms with Gasteiger partial charge in [0, 0.05) is 19.6 Å². The number of piperazine rings is 1. The summed E-state index contributed by atoms with van der Waals surface area (Å²) >= 11 is 0. The van der Waals surface area contributed by atoms with E-state index in [2.05, 4.69) is 19.2 Å². The van der Waals surface area contributed by atoms with Crippen molar-refractivity contribution < 1.29 is 4.79 Å². The smallest absolute Gasteiger partial charge is 0.236 e. The molecule has 1 N–H and O–H groups in total. The molecule has 1 saturated heterocycles. The molecular formula is C8H17BrN2O. The van der Waals surface area contributed by atoms with E-state index >= 15 is 0 Å². The quantitative estimate of drug-likeness (QED) is 0.764. The Bertz CT molecular complexity index is 150. The predicted molar refractivity (Wildman–Crippen MR) is 54.6 cm³/mol. The van der Waals surface area contributed by atoms with Crippen LogP contribution in [0.1, 0.15) is 13.8 Å². The first-order valence-corrected chi connectivity index (χ1v) is 4.18. The Morgan fingerprint density at radius 2 is 2.25 bits per heavy atom. The van der Waals surface area contributed by atoms with E-state index in [4.69, 9.17) is 0 Å². The van der Waals surface area contributed by atoms with Crippen LogP contribution in [-0.4, -0.2) is 37.0 Å². The monoisotopic (exact) mass is 236 g/mol. The molecule has 3 nitrogen and oxygen atoms in total. The predicted octanol–water partition coefficient (Wildman–Crippen LogP) is 0.652. The zero-order chi connectivity index (χ0) is 8.27. The van der Waals surface area contributed by atoms with Crippen LogP contribution in [-0.2, 0) is 4.79 Å². The minimum Gasteiger partial charge on any atom is -0.340 e. The van der Waals surface area contributed by atoms with Crippen LogP contribution in [0.4, 0.5) is 0 Å². The summed E-state index contributed by atoms with van der Waals surface area (Å²) in [5.74, 6) is 0.821. The summed E-state index contributed by atoms with van der Waals surface area (Å²) in [7, 11) is 0. The lowest BCUT2D eigenvalue weighted by Gasteiger charge is -2.28. The van der Waals surface area contributed by atoms with Gasteiger partial charge in [0.25, 0.3) is 0 Å². The molecule has 1 amide bonds. The van der Waals surface area contributed by atoms with Crippen LogP contribution in [0, 0.1) is 5.92 Å². The van der Waals surface area contributed by atoms with Gasteiger partial charge in [-0.3, -0.25) is 4.79 Å². The Hall–Kier alpha value is -0.0900. The van der Waals surface area contributed by atoms with Crippen LogP contribution >= 0.6 is 17.0 Å². The molecule has 0 spiro atoms. The molecule has 0 aliphatic carbocycles. The highest BCUT2D eigenvalue weighted by Gasteiger charge is 2.17. The Morgan fingerprint density at radius 3 is 2.75 bits per heavy atom. The average Bonchev–Trinajstić information content (AvgIpc) is 1.93. The van der Waals surface area contributed by atoms with E-state index in [0.29, 0.717) is 12.5 Å². The molecule has 0 radical (unpaired) electrons. The molecule has 0 unspecified atom stereocenters. The van der Waals surface area contributed by atoms with Crippen LogP contribution in [0.3, 0.4) is 0 Å². The molecule has 72 valence electrons. The van der Waals surface area contributed by atoms with Gasteiger partial charge in [-0.1, -0.05) is 13.8 Å². The SMILES string of the molecule is Br.CC(C)CN1CCNCC1=O. The van der Waals surface area contributed by atoms with Crippen LogP contribution in [0.25, 0.3) is 0 Å². The maximum Gasteiger partial charge on any atom is 0.236 e. The first-order valence-electron chi connectivity index (χ1n) is 4.18. The van der Waals surface area contributed by atoms with Crippen molar-refractivity contribution in [3.05, 3.63) is 0 Å². The summed E-state index contributed by atoms with van der Waals surface area (Å²) < 4.78 is 0. The Labute approximate surface area is 84.3 Å². The van der Waals surface area contributed by atoms with E-state index in [1.165, 1.54) is 0 Å². The van der Waals surface area contributed by atoms with Gasteiger partial charge in [0.2, 0.25) is 5.91 Å². The zero-order valence-corrected chi connectivity index (χ0v) is 9.38. The number of hydrogen-bond acceptors (Lipinski definition) is 2. The second-order valence-corrected chi connectivity index (χ2v) is 3.41. The number of amides is 1. The highest BCUT2D eigenvalue weighted by molar-refractivity contribution is 8.93. The number of nitrogens with one attached hydrogen (secondary N) is 1. The largest absolute Gasteiger partial charge is 0.340 e. The second kappa shape index (κ2) is 5.54. The van der Waals surface area contributed by atoms with Gasteiger partial charge < -0.3 is 10.2 Å². The number of carbonyl (C=O) groups is 1. The third-order valence-electron chi connectivity index (χ3n) is 1.77. The van der Waals surface area contributed by atoms with Crippen molar-refractivity contribution in [1.29, 1.82) is 0 Å². The standard InChI is InChI=1S/C8H16N2O.BrH/c1-7(2)6-10-4-3-9-5-8(10)11;/h7,9H,3-6H2,1-2H3;1H. The van der Waals surface area contributed by atoms with Crippen molar-refractivity contribution in [3.8, 4) is 0 Å². The van der Waals surface area contributed by atoms with Crippen LogP contribution in [0.5, 0.6) is 0 Å². The highest BCUT2D eigenvalue weighted by Crippen LogP contribution is 2.00. The number of halogens is 1. The lowest BCUT2D eigenvalue weighted by Crippen LogP contribution is -2.49. The van der Waals surface area contributed by atoms with Gasteiger partial charge in [0.15, 0.2) is 0 Å². The first-order chi connectivity index (χ1) is 5.20. The molecule has 0 atom stereocenters. The maximum absolute atomic E-state index is 11.2. The fourth-order valence-electron chi connectivity index (χ4n) is 1.28. The topological polar surface area (TPSA) is 32.3 Å². The van der Waals surface area contributed by atoms with Gasteiger partial charge in [0.1, 0.15) is 0 Å². The van der Waals surface area contributed by atoms with E-state index in [1.807, 2.05) is 4.90 Å². The van der Waals surface area contributed by atoms with Gasteiger partial charge in [-0.2, -0.15) is 0 Å². The van der Waals surface area contributed by atoms with Crippen LogP contribution in [0.15, 0.2) is 0 Å². The van der Waals surface area contributed by atoms with Gasteiger partial charge >= 0.3 is 0 Å². The third kappa shape index (κ3) is 3.54. The number of carbonyl (C=O) groups excluding carboxylic acids is 1. The molecule has 1 heterocycles. The molecule has 0 aromatic carbocycles. The second-order valence-electron chi connectivity index (χ2n) is 3.41. The summed E-state index contributed by atoms with van der Waals surface area (Å²) in [6.45, 7) is 7.51. The van der Waals surface area contributed by atoms with Crippen molar-refractivity contribution >= 4 is 22.9 Å². The van der Waals surface area contributed by atoms with Crippen LogP contribution < -0.4 is 5.32 Å². The minimum absolute atomic E-state index is 0. The maximum atomic E-state index is 11.2.